The van der Waals surface area contributed by atoms with E-state index in [0.717, 1.165) is 22.2 Å². The van der Waals surface area contributed by atoms with Crippen LogP contribution in [0.15, 0.2) is 97.1 Å². The maximum absolute atomic E-state index is 6.35. The molecule has 1 aliphatic carbocycles. The number of rotatable bonds is 4. The third-order valence-electron chi connectivity index (χ3n) is 9.19. The maximum atomic E-state index is 6.35. The number of aromatic nitrogens is 3. The van der Waals surface area contributed by atoms with E-state index >= 15 is 0 Å². The summed E-state index contributed by atoms with van der Waals surface area (Å²) in [4.78, 5) is 15.2. The smallest absolute Gasteiger partial charge is 0.399 e. The van der Waals surface area contributed by atoms with Crippen molar-refractivity contribution in [1.82, 2.24) is 15.0 Å². The summed E-state index contributed by atoms with van der Waals surface area (Å²) >= 11 is 0. The lowest BCUT2D eigenvalue weighted by Gasteiger charge is -2.32. The zero-order valence-corrected chi connectivity index (χ0v) is 25.0. The Morgan fingerprint density at radius 1 is 0.524 bits per heavy atom. The largest absolute Gasteiger partial charge is 0.494 e. The van der Waals surface area contributed by atoms with Crippen LogP contribution in [0.3, 0.4) is 0 Å². The fourth-order valence-corrected chi connectivity index (χ4v) is 6.09. The fraction of sp³-hybridized carbons (Fsp3) is 0.250. The second kappa shape index (κ2) is 9.45. The first kappa shape index (κ1) is 26.8. The summed E-state index contributed by atoms with van der Waals surface area (Å²) in [5, 5.41) is 0. The first-order chi connectivity index (χ1) is 20.0. The topological polar surface area (TPSA) is 57.1 Å². The standard InChI is InChI=1S/C36H34BN3O2/c1-34(2)28-20-11-10-18-26(28)30-27(19-13-21-29(30)34)33-39-31(23-14-8-7-9-15-23)38-32(40-33)24-16-12-17-25(22-24)37-41-35(3,4)36(5,6)42-37/h7-22H,1-6H3. The summed E-state index contributed by atoms with van der Waals surface area (Å²) < 4.78 is 12.7. The average molecular weight is 551 g/mol. The van der Waals surface area contributed by atoms with Crippen molar-refractivity contribution >= 4 is 12.6 Å². The molecular weight excluding hydrogens is 517 g/mol. The summed E-state index contributed by atoms with van der Waals surface area (Å²) in [6.45, 7) is 12.9. The molecule has 0 unspecified atom stereocenters. The van der Waals surface area contributed by atoms with Gasteiger partial charge >= 0.3 is 7.12 Å². The van der Waals surface area contributed by atoms with Crippen molar-refractivity contribution in [2.75, 3.05) is 0 Å². The van der Waals surface area contributed by atoms with E-state index in [1.165, 1.54) is 22.3 Å². The van der Waals surface area contributed by atoms with Crippen molar-refractivity contribution in [3.8, 4) is 45.3 Å². The SMILES string of the molecule is CC1(C)c2ccccc2-c2c(-c3nc(-c4ccccc4)nc(-c4cccc(B5OC(C)(C)C(C)(C)O5)c4)n3)cccc21. The Morgan fingerprint density at radius 3 is 1.81 bits per heavy atom. The zero-order valence-electron chi connectivity index (χ0n) is 25.0. The van der Waals surface area contributed by atoms with E-state index in [1.54, 1.807) is 0 Å². The zero-order chi connectivity index (χ0) is 29.3. The second-order valence-corrected chi connectivity index (χ2v) is 12.8. The van der Waals surface area contributed by atoms with Gasteiger partial charge in [-0.1, -0.05) is 111 Å². The van der Waals surface area contributed by atoms with Crippen LogP contribution < -0.4 is 5.46 Å². The van der Waals surface area contributed by atoms with Gasteiger partial charge in [-0.05, 0) is 55.4 Å². The molecule has 0 N–H and O–H groups in total. The van der Waals surface area contributed by atoms with E-state index in [1.807, 2.05) is 48.5 Å². The molecule has 42 heavy (non-hydrogen) atoms. The highest BCUT2D eigenvalue weighted by atomic mass is 16.7. The molecule has 1 aromatic heterocycles. The second-order valence-electron chi connectivity index (χ2n) is 12.8. The molecule has 4 aromatic carbocycles. The van der Waals surface area contributed by atoms with E-state index in [4.69, 9.17) is 24.3 Å². The average Bonchev–Trinajstić information content (AvgIpc) is 3.37. The van der Waals surface area contributed by atoms with E-state index in [9.17, 15) is 0 Å². The molecule has 5 aromatic rings. The number of hydrogen-bond donors (Lipinski definition) is 0. The Hall–Kier alpha value is -4.13. The number of nitrogens with zero attached hydrogens (tertiary/aromatic N) is 3. The molecule has 0 saturated carbocycles. The number of fused-ring (bicyclic) bond motifs is 3. The van der Waals surface area contributed by atoms with Crippen molar-refractivity contribution < 1.29 is 9.31 Å². The molecule has 0 spiro atoms. The molecule has 1 saturated heterocycles. The Kier molecular flexibility index (Phi) is 6.02. The molecule has 0 atom stereocenters. The van der Waals surface area contributed by atoms with Gasteiger partial charge in [0, 0.05) is 22.1 Å². The summed E-state index contributed by atoms with van der Waals surface area (Å²) in [7, 11) is -0.471. The molecule has 5 nitrogen and oxygen atoms in total. The van der Waals surface area contributed by atoms with Crippen LogP contribution in [-0.4, -0.2) is 33.3 Å². The molecule has 2 aliphatic rings. The summed E-state index contributed by atoms with van der Waals surface area (Å²) in [5.41, 5.74) is 7.84. The van der Waals surface area contributed by atoms with Gasteiger partial charge in [-0.25, -0.2) is 15.0 Å². The van der Waals surface area contributed by atoms with E-state index in [2.05, 4.69) is 90.1 Å². The van der Waals surface area contributed by atoms with Crippen molar-refractivity contribution in [3.63, 3.8) is 0 Å². The Balaban J connectivity index is 1.40. The van der Waals surface area contributed by atoms with Crippen LogP contribution in [-0.2, 0) is 14.7 Å². The van der Waals surface area contributed by atoms with Gasteiger partial charge in [0.2, 0.25) is 0 Å². The molecule has 6 heteroatoms. The molecule has 7 rings (SSSR count). The maximum Gasteiger partial charge on any atom is 0.494 e. The third-order valence-corrected chi connectivity index (χ3v) is 9.19. The van der Waals surface area contributed by atoms with Crippen molar-refractivity contribution in [3.05, 3.63) is 108 Å². The molecule has 208 valence electrons. The van der Waals surface area contributed by atoms with E-state index in [-0.39, 0.29) is 5.41 Å². The minimum absolute atomic E-state index is 0.114. The van der Waals surface area contributed by atoms with Gasteiger partial charge in [-0.2, -0.15) is 0 Å². The summed E-state index contributed by atoms with van der Waals surface area (Å²) in [6.07, 6.45) is 0. The highest BCUT2D eigenvalue weighted by molar-refractivity contribution is 6.62. The lowest BCUT2D eigenvalue weighted by Crippen LogP contribution is -2.41. The van der Waals surface area contributed by atoms with Crippen LogP contribution in [0.25, 0.3) is 45.3 Å². The fourth-order valence-electron chi connectivity index (χ4n) is 6.09. The Labute approximate surface area is 248 Å². The van der Waals surface area contributed by atoms with E-state index in [0.29, 0.717) is 17.5 Å². The molecule has 0 radical (unpaired) electrons. The molecule has 0 bridgehead atoms. The van der Waals surface area contributed by atoms with Gasteiger partial charge in [-0.15, -0.1) is 0 Å². The highest BCUT2D eigenvalue weighted by Crippen LogP contribution is 2.51. The predicted octanol–water partition coefficient (Wildman–Crippen LogP) is 7.48. The van der Waals surface area contributed by atoms with Crippen LogP contribution in [0.1, 0.15) is 52.7 Å². The van der Waals surface area contributed by atoms with Gasteiger partial charge in [0.05, 0.1) is 11.2 Å². The Morgan fingerprint density at radius 2 is 1.07 bits per heavy atom. The van der Waals surface area contributed by atoms with Crippen molar-refractivity contribution in [2.45, 2.75) is 58.2 Å². The van der Waals surface area contributed by atoms with Crippen molar-refractivity contribution in [1.29, 1.82) is 0 Å². The minimum atomic E-state index is -0.471. The first-order valence-electron chi connectivity index (χ1n) is 14.6. The van der Waals surface area contributed by atoms with Crippen LogP contribution >= 0.6 is 0 Å². The van der Waals surface area contributed by atoms with Crippen LogP contribution in [0, 0.1) is 0 Å². The van der Waals surface area contributed by atoms with Crippen molar-refractivity contribution in [2.24, 2.45) is 0 Å². The first-order valence-corrected chi connectivity index (χ1v) is 14.6. The monoisotopic (exact) mass is 551 g/mol. The summed E-state index contributed by atoms with van der Waals surface area (Å²) in [5.74, 6) is 1.91. The number of hydrogen-bond acceptors (Lipinski definition) is 5. The van der Waals surface area contributed by atoms with Gasteiger partial charge in [0.25, 0.3) is 0 Å². The van der Waals surface area contributed by atoms with Crippen LogP contribution in [0.4, 0.5) is 0 Å². The highest BCUT2D eigenvalue weighted by Gasteiger charge is 2.51. The quantitative estimate of drug-likeness (QED) is 0.217. The molecule has 2 heterocycles. The van der Waals surface area contributed by atoms with Gasteiger partial charge < -0.3 is 9.31 Å². The lowest BCUT2D eigenvalue weighted by molar-refractivity contribution is 0.00578. The third kappa shape index (κ3) is 4.20. The molecular formula is C36H34BN3O2. The summed E-state index contributed by atoms with van der Waals surface area (Å²) in [6, 6.07) is 33.4. The van der Waals surface area contributed by atoms with Gasteiger partial charge in [0.15, 0.2) is 17.5 Å². The minimum Gasteiger partial charge on any atom is -0.399 e. The van der Waals surface area contributed by atoms with E-state index < -0.39 is 18.3 Å². The van der Waals surface area contributed by atoms with Crippen LogP contribution in [0.2, 0.25) is 0 Å². The lowest BCUT2D eigenvalue weighted by atomic mass is 9.78. The number of benzene rings is 4. The Bertz CT molecular complexity index is 1820. The van der Waals surface area contributed by atoms with Gasteiger partial charge in [-0.3, -0.25) is 0 Å². The molecule has 1 aliphatic heterocycles. The predicted molar refractivity (Wildman–Crippen MR) is 169 cm³/mol. The molecule has 1 fully saturated rings. The van der Waals surface area contributed by atoms with Crippen LogP contribution in [0.5, 0.6) is 0 Å². The normalized spacial score (nSPS) is 17.6. The van der Waals surface area contributed by atoms with Gasteiger partial charge in [0.1, 0.15) is 0 Å². The molecule has 0 amide bonds.